The summed E-state index contributed by atoms with van der Waals surface area (Å²) in [5, 5.41) is 12.1. The van der Waals surface area contributed by atoms with Crippen molar-refractivity contribution in [2.45, 2.75) is 25.5 Å². The lowest BCUT2D eigenvalue weighted by Crippen LogP contribution is -2.31. The molecule has 1 rings (SSSR count). The van der Waals surface area contributed by atoms with Gasteiger partial charge in [-0.05, 0) is 19.2 Å². The van der Waals surface area contributed by atoms with Gasteiger partial charge in [0.15, 0.2) is 0 Å². The van der Waals surface area contributed by atoms with Gasteiger partial charge < -0.3 is 14.8 Å². The molecule has 6 nitrogen and oxygen atoms in total. The van der Waals surface area contributed by atoms with Crippen molar-refractivity contribution in [2.24, 2.45) is 5.41 Å². The summed E-state index contributed by atoms with van der Waals surface area (Å²) in [6, 6.07) is 3.03. The van der Waals surface area contributed by atoms with E-state index in [0.29, 0.717) is 18.8 Å². The van der Waals surface area contributed by atoms with Crippen LogP contribution in [0.5, 0.6) is 0 Å². The molecule has 0 bridgehead atoms. The zero-order valence-corrected chi connectivity index (χ0v) is 11.7. The summed E-state index contributed by atoms with van der Waals surface area (Å²) < 4.78 is 30.3. The molecule has 18 heavy (non-hydrogen) atoms. The first-order chi connectivity index (χ1) is 8.30. The Morgan fingerprint density at radius 2 is 2.06 bits per heavy atom. The molecule has 7 heteroatoms. The number of furan rings is 1. The van der Waals surface area contributed by atoms with Crippen LogP contribution in [0, 0.1) is 5.41 Å². The van der Waals surface area contributed by atoms with Gasteiger partial charge in [-0.15, -0.1) is 0 Å². The van der Waals surface area contributed by atoms with Crippen molar-refractivity contribution in [1.82, 2.24) is 10.0 Å². The SMILES string of the molecule is CNS(=O)(=O)c1ccc(CNCC(C)(C)CO)o1. The fourth-order valence-corrected chi connectivity index (χ4v) is 1.94. The molecule has 1 heterocycles. The first-order valence-electron chi connectivity index (χ1n) is 5.64. The third kappa shape index (κ3) is 4.09. The average molecular weight is 276 g/mol. The second-order valence-electron chi connectivity index (χ2n) is 4.85. The molecular weight excluding hydrogens is 256 g/mol. The summed E-state index contributed by atoms with van der Waals surface area (Å²) in [7, 11) is -2.19. The Hall–Kier alpha value is -0.890. The van der Waals surface area contributed by atoms with Crippen molar-refractivity contribution in [1.29, 1.82) is 0 Å². The van der Waals surface area contributed by atoms with Crippen LogP contribution in [0.25, 0.3) is 0 Å². The van der Waals surface area contributed by atoms with E-state index in [-0.39, 0.29) is 17.1 Å². The second kappa shape index (κ2) is 5.83. The molecule has 0 amide bonds. The lowest BCUT2D eigenvalue weighted by Gasteiger charge is -2.21. The molecule has 0 fully saturated rings. The van der Waals surface area contributed by atoms with Crippen LogP contribution in [-0.2, 0) is 16.6 Å². The van der Waals surface area contributed by atoms with Gasteiger partial charge in [0.25, 0.3) is 10.0 Å². The van der Waals surface area contributed by atoms with E-state index < -0.39 is 10.0 Å². The molecule has 0 spiro atoms. The van der Waals surface area contributed by atoms with Crippen LogP contribution in [-0.4, -0.2) is 33.7 Å². The van der Waals surface area contributed by atoms with Crippen LogP contribution in [0.4, 0.5) is 0 Å². The molecule has 1 aromatic rings. The Bertz CT molecular complexity index is 479. The van der Waals surface area contributed by atoms with Crippen molar-refractivity contribution in [3.8, 4) is 0 Å². The largest absolute Gasteiger partial charge is 0.447 e. The predicted octanol–water partition coefficient (Wildman–Crippen LogP) is 0.296. The molecule has 0 aliphatic heterocycles. The normalized spacial score (nSPS) is 12.9. The van der Waals surface area contributed by atoms with Gasteiger partial charge in [0, 0.05) is 18.6 Å². The summed E-state index contributed by atoms with van der Waals surface area (Å²) in [6.45, 7) is 4.97. The van der Waals surface area contributed by atoms with Crippen molar-refractivity contribution >= 4 is 10.0 Å². The molecule has 3 N–H and O–H groups in total. The van der Waals surface area contributed by atoms with Crippen LogP contribution in [0.3, 0.4) is 0 Å². The first kappa shape index (κ1) is 15.2. The monoisotopic (exact) mass is 276 g/mol. The van der Waals surface area contributed by atoms with Gasteiger partial charge in [-0.3, -0.25) is 0 Å². The number of aliphatic hydroxyl groups excluding tert-OH is 1. The number of hydrogen-bond donors (Lipinski definition) is 3. The van der Waals surface area contributed by atoms with Gasteiger partial charge in [-0.25, -0.2) is 13.1 Å². The number of rotatable bonds is 7. The Labute approximate surface area is 107 Å². The van der Waals surface area contributed by atoms with Crippen molar-refractivity contribution in [3.63, 3.8) is 0 Å². The van der Waals surface area contributed by atoms with Crippen LogP contribution >= 0.6 is 0 Å². The molecule has 1 aromatic heterocycles. The van der Waals surface area contributed by atoms with E-state index in [9.17, 15) is 8.42 Å². The van der Waals surface area contributed by atoms with E-state index in [1.54, 1.807) is 6.07 Å². The lowest BCUT2D eigenvalue weighted by atomic mass is 9.95. The molecule has 0 saturated carbocycles. The second-order valence-corrected chi connectivity index (χ2v) is 6.67. The standard InChI is InChI=1S/C11H20N2O4S/c1-11(2,8-14)7-13-6-9-4-5-10(17-9)18(15,16)12-3/h4-5,12-14H,6-8H2,1-3H3. The van der Waals surface area contributed by atoms with Crippen LogP contribution in [0.1, 0.15) is 19.6 Å². The van der Waals surface area contributed by atoms with E-state index in [0.717, 1.165) is 0 Å². The smallest absolute Gasteiger partial charge is 0.273 e. The topological polar surface area (TPSA) is 91.6 Å². The quantitative estimate of drug-likeness (QED) is 0.666. The predicted molar refractivity (Wildman–Crippen MR) is 67.5 cm³/mol. The van der Waals surface area contributed by atoms with Gasteiger partial charge in [-0.2, -0.15) is 0 Å². The summed E-state index contributed by atoms with van der Waals surface area (Å²) >= 11 is 0. The van der Waals surface area contributed by atoms with Crippen LogP contribution < -0.4 is 10.0 Å². The first-order valence-corrected chi connectivity index (χ1v) is 7.13. The van der Waals surface area contributed by atoms with E-state index in [1.165, 1.54) is 13.1 Å². The Balaban J connectivity index is 2.56. The van der Waals surface area contributed by atoms with Gasteiger partial charge in [0.05, 0.1) is 6.54 Å². The van der Waals surface area contributed by atoms with E-state index in [4.69, 9.17) is 9.52 Å². The molecular formula is C11H20N2O4S. The molecule has 0 aliphatic carbocycles. The highest BCUT2D eigenvalue weighted by molar-refractivity contribution is 7.89. The fraction of sp³-hybridized carbons (Fsp3) is 0.636. The average Bonchev–Trinajstić information content (AvgIpc) is 2.78. The molecule has 0 atom stereocenters. The molecule has 0 radical (unpaired) electrons. The molecule has 0 unspecified atom stereocenters. The highest BCUT2D eigenvalue weighted by Crippen LogP contribution is 2.15. The fourth-order valence-electron chi connectivity index (χ4n) is 1.28. The summed E-state index contributed by atoms with van der Waals surface area (Å²) in [6.07, 6.45) is 0. The van der Waals surface area contributed by atoms with Gasteiger partial charge in [-0.1, -0.05) is 13.8 Å². The zero-order valence-electron chi connectivity index (χ0n) is 10.9. The van der Waals surface area contributed by atoms with E-state index in [1.807, 2.05) is 13.8 Å². The Kier molecular flexibility index (Phi) is 4.92. The van der Waals surface area contributed by atoms with Gasteiger partial charge in [0.2, 0.25) is 5.09 Å². The Morgan fingerprint density at radius 3 is 2.61 bits per heavy atom. The highest BCUT2D eigenvalue weighted by atomic mass is 32.2. The highest BCUT2D eigenvalue weighted by Gasteiger charge is 2.18. The third-order valence-corrected chi connectivity index (χ3v) is 3.79. The number of nitrogens with one attached hydrogen (secondary N) is 2. The summed E-state index contributed by atoms with van der Waals surface area (Å²) in [5.41, 5.74) is -0.216. The number of sulfonamides is 1. The lowest BCUT2D eigenvalue weighted by molar-refractivity contribution is 0.155. The number of hydrogen-bond acceptors (Lipinski definition) is 5. The van der Waals surface area contributed by atoms with Crippen LogP contribution in [0.15, 0.2) is 21.6 Å². The van der Waals surface area contributed by atoms with Crippen molar-refractivity contribution in [3.05, 3.63) is 17.9 Å². The molecule has 0 aliphatic rings. The number of aliphatic hydroxyl groups is 1. The minimum Gasteiger partial charge on any atom is -0.447 e. The minimum atomic E-state index is -3.52. The zero-order chi connectivity index (χ0) is 13.8. The molecule has 0 aromatic carbocycles. The third-order valence-electron chi connectivity index (χ3n) is 2.50. The molecule has 104 valence electrons. The maximum absolute atomic E-state index is 11.4. The maximum atomic E-state index is 11.4. The molecule has 0 saturated heterocycles. The van der Waals surface area contributed by atoms with Crippen molar-refractivity contribution in [2.75, 3.05) is 20.2 Å². The van der Waals surface area contributed by atoms with Crippen molar-refractivity contribution < 1.29 is 17.9 Å². The Morgan fingerprint density at radius 1 is 1.39 bits per heavy atom. The summed E-state index contributed by atoms with van der Waals surface area (Å²) in [4.78, 5) is 0. The van der Waals surface area contributed by atoms with Crippen LogP contribution in [0.2, 0.25) is 0 Å². The van der Waals surface area contributed by atoms with E-state index in [2.05, 4.69) is 10.0 Å². The minimum absolute atomic E-state index is 0.0809. The maximum Gasteiger partial charge on any atom is 0.273 e. The van der Waals surface area contributed by atoms with E-state index >= 15 is 0 Å². The van der Waals surface area contributed by atoms with Gasteiger partial charge >= 0.3 is 0 Å². The summed E-state index contributed by atoms with van der Waals surface area (Å²) in [5.74, 6) is 0.539. The van der Waals surface area contributed by atoms with Gasteiger partial charge in [0.1, 0.15) is 5.76 Å².